The van der Waals surface area contributed by atoms with Crippen molar-refractivity contribution in [2.45, 2.75) is 17.9 Å². The maximum atomic E-state index is 4.34. The van der Waals surface area contributed by atoms with Gasteiger partial charge in [-0.1, -0.05) is 17.7 Å². The highest BCUT2D eigenvalue weighted by Crippen LogP contribution is 2.24. The molecule has 0 fully saturated rings. The van der Waals surface area contributed by atoms with Crippen molar-refractivity contribution in [3.63, 3.8) is 0 Å². The van der Waals surface area contributed by atoms with Crippen LogP contribution in [-0.4, -0.2) is 22.8 Å². The molecule has 1 atom stereocenters. The van der Waals surface area contributed by atoms with Gasteiger partial charge in [-0.05, 0) is 26.1 Å². The molecule has 0 amide bonds. The van der Waals surface area contributed by atoms with Crippen LogP contribution in [-0.2, 0) is 0 Å². The zero-order valence-electron chi connectivity index (χ0n) is 10.6. The van der Waals surface area contributed by atoms with Gasteiger partial charge < -0.3 is 5.32 Å². The molecule has 1 N–H and O–H groups in total. The summed E-state index contributed by atoms with van der Waals surface area (Å²) in [7, 11) is 1.95. The van der Waals surface area contributed by atoms with Crippen LogP contribution in [0.25, 0.3) is 0 Å². The van der Waals surface area contributed by atoms with E-state index in [0.29, 0.717) is 0 Å². The zero-order chi connectivity index (χ0) is 12.8. The average molecular weight is 259 g/mol. The standard InChI is InChI=1S/C14H17N3S/c1-11-4-3-5-12(8-11)18-10-14(15-2)13-9-16-6-7-17-13/h3-9,14-15H,10H2,1-2H3. The third-order valence-corrected chi connectivity index (χ3v) is 3.78. The lowest BCUT2D eigenvalue weighted by atomic mass is 10.2. The van der Waals surface area contributed by atoms with E-state index in [2.05, 4.69) is 46.5 Å². The number of benzene rings is 1. The van der Waals surface area contributed by atoms with E-state index < -0.39 is 0 Å². The zero-order valence-corrected chi connectivity index (χ0v) is 11.4. The van der Waals surface area contributed by atoms with Gasteiger partial charge in [0.05, 0.1) is 11.7 Å². The molecule has 0 aliphatic heterocycles. The Morgan fingerprint density at radius 2 is 2.22 bits per heavy atom. The van der Waals surface area contributed by atoms with Crippen LogP contribution in [0.4, 0.5) is 0 Å². The third-order valence-electron chi connectivity index (χ3n) is 2.69. The summed E-state index contributed by atoms with van der Waals surface area (Å²) in [5.74, 6) is 0.943. The van der Waals surface area contributed by atoms with E-state index in [0.717, 1.165) is 11.4 Å². The molecule has 0 aliphatic rings. The molecule has 2 aromatic rings. The van der Waals surface area contributed by atoms with Gasteiger partial charge in [0.2, 0.25) is 0 Å². The largest absolute Gasteiger partial charge is 0.311 e. The predicted octanol–water partition coefficient (Wildman–Crippen LogP) is 2.84. The Morgan fingerprint density at radius 3 is 2.89 bits per heavy atom. The lowest BCUT2D eigenvalue weighted by Crippen LogP contribution is -2.20. The Hall–Kier alpha value is -1.39. The summed E-state index contributed by atoms with van der Waals surface area (Å²) in [6.45, 7) is 2.11. The minimum atomic E-state index is 0.226. The first kappa shape index (κ1) is 13.1. The molecule has 3 nitrogen and oxygen atoms in total. The first-order valence-electron chi connectivity index (χ1n) is 5.92. The van der Waals surface area contributed by atoms with Crippen LogP contribution >= 0.6 is 11.8 Å². The topological polar surface area (TPSA) is 37.8 Å². The van der Waals surface area contributed by atoms with E-state index in [1.54, 1.807) is 12.4 Å². The van der Waals surface area contributed by atoms with Crippen molar-refractivity contribution in [1.29, 1.82) is 0 Å². The van der Waals surface area contributed by atoms with E-state index >= 15 is 0 Å². The minimum Gasteiger partial charge on any atom is -0.311 e. The lowest BCUT2D eigenvalue weighted by molar-refractivity contribution is 0.638. The summed E-state index contributed by atoms with van der Waals surface area (Å²) in [6.07, 6.45) is 5.25. The van der Waals surface area contributed by atoms with Gasteiger partial charge >= 0.3 is 0 Å². The van der Waals surface area contributed by atoms with E-state index in [-0.39, 0.29) is 6.04 Å². The second-order valence-electron chi connectivity index (χ2n) is 4.10. The summed E-state index contributed by atoms with van der Waals surface area (Å²) in [4.78, 5) is 9.74. The minimum absolute atomic E-state index is 0.226. The van der Waals surface area contributed by atoms with E-state index in [1.165, 1.54) is 10.5 Å². The smallest absolute Gasteiger partial charge is 0.0764 e. The Kier molecular flexibility index (Phi) is 4.73. The molecule has 1 unspecified atom stereocenters. The fourth-order valence-corrected chi connectivity index (χ4v) is 2.83. The second kappa shape index (κ2) is 6.52. The molecule has 0 bridgehead atoms. The monoisotopic (exact) mass is 259 g/mol. The van der Waals surface area contributed by atoms with Crippen molar-refractivity contribution in [3.05, 3.63) is 54.1 Å². The molecule has 1 aromatic carbocycles. The number of aromatic nitrogens is 2. The van der Waals surface area contributed by atoms with Gasteiger partial charge in [-0.3, -0.25) is 9.97 Å². The van der Waals surface area contributed by atoms with Gasteiger partial charge in [0.15, 0.2) is 0 Å². The number of thioether (sulfide) groups is 1. The van der Waals surface area contributed by atoms with Crippen LogP contribution in [0, 0.1) is 6.92 Å². The Bertz CT molecular complexity index is 487. The molecule has 0 aliphatic carbocycles. The normalized spacial score (nSPS) is 12.3. The number of aryl methyl sites for hydroxylation is 1. The summed E-state index contributed by atoms with van der Waals surface area (Å²) >= 11 is 1.83. The molecule has 1 aromatic heterocycles. The summed E-state index contributed by atoms with van der Waals surface area (Å²) in [5, 5.41) is 3.28. The number of nitrogens with zero attached hydrogens (tertiary/aromatic N) is 2. The van der Waals surface area contributed by atoms with Crippen LogP contribution < -0.4 is 5.32 Å². The molecule has 18 heavy (non-hydrogen) atoms. The van der Waals surface area contributed by atoms with Crippen LogP contribution in [0.2, 0.25) is 0 Å². The van der Waals surface area contributed by atoms with E-state index in [1.807, 2.05) is 25.0 Å². The fraction of sp³-hybridized carbons (Fsp3) is 0.286. The third kappa shape index (κ3) is 3.55. The van der Waals surface area contributed by atoms with Gasteiger partial charge in [-0.2, -0.15) is 0 Å². The predicted molar refractivity (Wildman–Crippen MR) is 75.7 cm³/mol. The van der Waals surface area contributed by atoms with Crippen LogP contribution in [0.3, 0.4) is 0 Å². The van der Waals surface area contributed by atoms with Gasteiger partial charge in [-0.25, -0.2) is 0 Å². The molecule has 0 saturated carbocycles. The summed E-state index contributed by atoms with van der Waals surface area (Å²) in [5.41, 5.74) is 2.28. The molecular weight excluding hydrogens is 242 g/mol. The maximum Gasteiger partial charge on any atom is 0.0764 e. The molecule has 2 rings (SSSR count). The van der Waals surface area contributed by atoms with Crippen molar-refractivity contribution in [3.8, 4) is 0 Å². The van der Waals surface area contributed by atoms with Crippen LogP contribution in [0.15, 0.2) is 47.8 Å². The average Bonchev–Trinajstić information content (AvgIpc) is 2.41. The van der Waals surface area contributed by atoms with Crippen molar-refractivity contribution >= 4 is 11.8 Å². The fourth-order valence-electron chi connectivity index (χ4n) is 1.69. The van der Waals surface area contributed by atoms with Gasteiger partial charge in [-0.15, -0.1) is 11.8 Å². The quantitative estimate of drug-likeness (QED) is 0.838. The SMILES string of the molecule is CNC(CSc1cccc(C)c1)c1cnccn1. The van der Waals surface area contributed by atoms with Crippen molar-refractivity contribution in [2.75, 3.05) is 12.8 Å². The first-order valence-corrected chi connectivity index (χ1v) is 6.91. The molecule has 0 spiro atoms. The maximum absolute atomic E-state index is 4.34. The molecular formula is C14H17N3S. The number of rotatable bonds is 5. The van der Waals surface area contributed by atoms with Crippen LogP contribution in [0.5, 0.6) is 0 Å². The Labute approximate surface area is 112 Å². The molecule has 0 radical (unpaired) electrons. The Balaban J connectivity index is 2.00. The van der Waals surface area contributed by atoms with Crippen LogP contribution in [0.1, 0.15) is 17.3 Å². The molecule has 0 saturated heterocycles. The number of hydrogen-bond acceptors (Lipinski definition) is 4. The Morgan fingerprint density at radius 1 is 1.33 bits per heavy atom. The van der Waals surface area contributed by atoms with Crippen molar-refractivity contribution < 1.29 is 0 Å². The summed E-state index contributed by atoms with van der Waals surface area (Å²) < 4.78 is 0. The van der Waals surface area contributed by atoms with Gasteiger partial charge in [0, 0.05) is 29.2 Å². The van der Waals surface area contributed by atoms with Crippen molar-refractivity contribution in [1.82, 2.24) is 15.3 Å². The highest BCUT2D eigenvalue weighted by atomic mass is 32.2. The molecule has 4 heteroatoms. The number of hydrogen-bond donors (Lipinski definition) is 1. The molecule has 94 valence electrons. The van der Waals surface area contributed by atoms with E-state index in [4.69, 9.17) is 0 Å². The lowest BCUT2D eigenvalue weighted by Gasteiger charge is -2.14. The number of nitrogens with one attached hydrogen (secondary N) is 1. The van der Waals surface area contributed by atoms with Gasteiger partial charge in [0.25, 0.3) is 0 Å². The highest BCUT2D eigenvalue weighted by Gasteiger charge is 2.10. The first-order chi connectivity index (χ1) is 8.79. The highest BCUT2D eigenvalue weighted by molar-refractivity contribution is 7.99. The van der Waals surface area contributed by atoms with Crippen molar-refractivity contribution in [2.24, 2.45) is 0 Å². The van der Waals surface area contributed by atoms with E-state index in [9.17, 15) is 0 Å². The molecule has 1 heterocycles. The second-order valence-corrected chi connectivity index (χ2v) is 5.19. The summed E-state index contributed by atoms with van der Waals surface area (Å²) in [6, 6.07) is 8.77. The van der Waals surface area contributed by atoms with Gasteiger partial charge in [0.1, 0.15) is 0 Å².